The summed E-state index contributed by atoms with van der Waals surface area (Å²) in [5, 5.41) is 0. The summed E-state index contributed by atoms with van der Waals surface area (Å²) in [5.41, 5.74) is 8.15. The van der Waals surface area contributed by atoms with Crippen molar-refractivity contribution >= 4 is 13.3 Å². The van der Waals surface area contributed by atoms with Crippen LogP contribution in [-0.2, 0) is 0 Å². The van der Waals surface area contributed by atoms with E-state index in [0.717, 1.165) is 0 Å². The summed E-state index contributed by atoms with van der Waals surface area (Å²) in [6.45, 7) is 1.99. The molecule has 2 N–H and O–H groups in total. The molecule has 0 fully saturated rings. The zero-order chi connectivity index (χ0) is 7.56. The van der Waals surface area contributed by atoms with Gasteiger partial charge in [0.1, 0.15) is 7.85 Å². The molecule has 1 rings (SSSR count). The lowest BCUT2D eigenvalue weighted by atomic mass is 9.94. The van der Waals surface area contributed by atoms with Gasteiger partial charge in [-0.15, -0.1) is 0 Å². The Bertz CT molecular complexity index is 203. The average molecular weight is 133 g/mol. The molecule has 0 heterocycles. The van der Waals surface area contributed by atoms with Gasteiger partial charge in [-0.25, -0.2) is 0 Å². The predicted molar refractivity (Wildman–Crippen MR) is 47.2 cm³/mol. The van der Waals surface area contributed by atoms with Crippen molar-refractivity contribution in [3.05, 3.63) is 29.8 Å². The van der Waals surface area contributed by atoms with E-state index >= 15 is 0 Å². The number of hydrogen-bond donors (Lipinski definition) is 1. The number of hydrogen-bond acceptors (Lipinski definition) is 1. The average Bonchev–Trinajstić information content (AvgIpc) is 1.88. The van der Waals surface area contributed by atoms with Crippen molar-refractivity contribution in [2.45, 2.75) is 13.0 Å². The Labute approximate surface area is 62.7 Å². The molecule has 0 aliphatic heterocycles. The van der Waals surface area contributed by atoms with Crippen molar-refractivity contribution in [2.75, 3.05) is 0 Å². The minimum absolute atomic E-state index is 0.153. The summed E-state index contributed by atoms with van der Waals surface area (Å²) in [5.74, 6) is 0. The third-order valence-electron chi connectivity index (χ3n) is 1.60. The van der Waals surface area contributed by atoms with Crippen LogP contribution in [0.25, 0.3) is 0 Å². The second-order valence-electron chi connectivity index (χ2n) is 2.70. The largest absolute Gasteiger partial charge is 0.324 e. The van der Waals surface area contributed by atoms with Crippen LogP contribution in [0.1, 0.15) is 18.5 Å². The lowest BCUT2D eigenvalue weighted by Gasteiger charge is -2.04. The molecule has 0 amide bonds. The zero-order valence-corrected chi connectivity index (χ0v) is 6.46. The molecule has 0 aliphatic carbocycles. The highest BCUT2D eigenvalue weighted by Gasteiger charge is 1.95. The molecule has 0 aliphatic rings. The lowest BCUT2D eigenvalue weighted by molar-refractivity contribution is 0.819. The molecule has 10 heavy (non-hydrogen) atoms. The summed E-state index contributed by atoms with van der Waals surface area (Å²) in [6, 6.07) is 8.46. The molecular formula is C8H12BN. The summed E-state index contributed by atoms with van der Waals surface area (Å²) in [7, 11) is 2.07. The van der Waals surface area contributed by atoms with Gasteiger partial charge in [0, 0.05) is 6.04 Å². The topological polar surface area (TPSA) is 26.0 Å². The summed E-state index contributed by atoms with van der Waals surface area (Å²) < 4.78 is 0. The molecule has 0 saturated heterocycles. The van der Waals surface area contributed by atoms with Crippen molar-refractivity contribution in [1.29, 1.82) is 0 Å². The minimum atomic E-state index is 0.153. The number of nitrogens with two attached hydrogens (primary N) is 1. The van der Waals surface area contributed by atoms with Crippen LogP contribution in [0.3, 0.4) is 0 Å². The van der Waals surface area contributed by atoms with Crippen LogP contribution in [0.5, 0.6) is 0 Å². The molecule has 1 aromatic rings. The van der Waals surface area contributed by atoms with Gasteiger partial charge in [-0.05, 0) is 12.5 Å². The van der Waals surface area contributed by atoms with Crippen LogP contribution < -0.4 is 11.2 Å². The first kappa shape index (κ1) is 7.35. The third-order valence-corrected chi connectivity index (χ3v) is 1.60. The van der Waals surface area contributed by atoms with E-state index in [4.69, 9.17) is 5.73 Å². The van der Waals surface area contributed by atoms with Crippen molar-refractivity contribution < 1.29 is 0 Å². The van der Waals surface area contributed by atoms with E-state index in [2.05, 4.69) is 32.1 Å². The van der Waals surface area contributed by atoms with E-state index in [9.17, 15) is 0 Å². The molecular weight excluding hydrogens is 121 g/mol. The molecule has 0 unspecified atom stereocenters. The van der Waals surface area contributed by atoms with Crippen molar-refractivity contribution in [3.63, 3.8) is 0 Å². The molecule has 0 aromatic heterocycles. The fourth-order valence-corrected chi connectivity index (χ4v) is 0.870. The van der Waals surface area contributed by atoms with Gasteiger partial charge in [0.25, 0.3) is 0 Å². The van der Waals surface area contributed by atoms with Crippen molar-refractivity contribution in [2.24, 2.45) is 5.73 Å². The maximum Gasteiger partial charge on any atom is 0.139 e. The van der Waals surface area contributed by atoms with E-state index in [1.54, 1.807) is 0 Å². The molecule has 52 valence electrons. The molecule has 1 aromatic carbocycles. The Balaban J connectivity index is 2.89. The highest BCUT2D eigenvalue weighted by atomic mass is 14.6. The molecule has 1 nitrogen and oxygen atoms in total. The second kappa shape index (κ2) is 2.89. The fourth-order valence-electron chi connectivity index (χ4n) is 0.870. The van der Waals surface area contributed by atoms with Crippen LogP contribution in [0, 0.1) is 0 Å². The first-order valence-corrected chi connectivity index (χ1v) is 3.52. The van der Waals surface area contributed by atoms with Gasteiger partial charge >= 0.3 is 0 Å². The predicted octanol–water partition coefficient (Wildman–Crippen LogP) is -0.0353. The minimum Gasteiger partial charge on any atom is -0.324 e. The molecule has 0 spiro atoms. The highest BCUT2D eigenvalue weighted by Crippen LogP contribution is 2.05. The third kappa shape index (κ3) is 1.61. The second-order valence-corrected chi connectivity index (χ2v) is 2.70. The molecule has 0 saturated carbocycles. The molecule has 0 bridgehead atoms. The first-order valence-electron chi connectivity index (χ1n) is 3.52. The Morgan fingerprint density at radius 3 is 2.20 bits per heavy atom. The standard InChI is InChI=1S/C8H12BN/c1-6(10)7-2-4-8(9)5-3-7/h2-6H,9-10H2,1H3/t6-/m1/s1. The molecule has 1 atom stereocenters. The van der Waals surface area contributed by atoms with E-state index in [-0.39, 0.29) is 6.04 Å². The zero-order valence-electron chi connectivity index (χ0n) is 6.46. The summed E-state index contributed by atoms with van der Waals surface area (Å²) in [4.78, 5) is 0. The van der Waals surface area contributed by atoms with Crippen LogP contribution in [0.2, 0.25) is 0 Å². The van der Waals surface area contributed by atoms with E-state index in [0.29, 0.717) is 0 Å². The summed E-state index contributed by atoms with van der Waals surface area (Å²) >= 11 is 0. The number of benzene rings is 1. The van der Waals surface area contributed by atoms with Gasteiger partial charge < -0.3 is 5.73 Å². The normalized spacial score (nSPS) is 13.0. The maximum atomic E-state index is 5.66. The van der Waals surface area contributed by atoms with Gasteiger partial charge in [0.2, 0.25) is 0 Å². The van der Waals surface area contributed by atoms with Gasteiger partial charge in [-0.2, -0.15) is 0 Å². The van der Waals surface area contributed by atoms with Gasteiger partial charge in [-0.1, -0.05) is 29.7 Å². The Morgan fingerprint density at radius 2 is 1.80 bits per heavy atom. The van der Waals surface area contributed by atoms with Crippen molar-refractivity contribution in [1.82, 2.24) is 0 Å². The van der Waals surface area contributed by atoms with E-state index in [1.807, 2.05) is 6.92 Å². The monoisotopic (exact) mass is 133 g/mol. The van der Waals surface area contributed by atoms with Crippen LogP contribution >= 0.6 is 0 Å². The van der Waals surface area contributed by atoms with Crippen LogP contribution in [0.4, 0.5) is 0 Å². The van der Waals surface area contributed by atoms with Crippen LogP contribution in [-0.4, -0.2) is 7.85 Å². The van der Waals surface area contributed by atoms with Gasteiger partial charge in [0.15, 0.2) is 0 Å². The number of rotatable bonds is 1. The smallest absolute Gasteiger partial charge is 0.139 e. The first-order chi connectivity index (χ1) is 4.70. The summed E-state index contributed by atoms with van der Waals surface area (Å²) in [6.07, 6.45) is 0. The van der Waals surface area contributed by atoms with E-state index in [1.165, 1.54) is 11.0 Å². The fraction of sp³-hybridized carbons (Fsp3) is 0.250. The molecule has 2 heteroatoms. The van der Waals surface area contributed by atoms with Crippen molar-refractivity contribution in [3.8, 4) is 0 Å². The lowest BCUT2D eigenvalue weighted by Crippen LogP contribution is -2.07. The quantitative estimate of drug-likeness (QED) is 0.534. The van der Waals surface area contributed by atoms with Gasteiger partial charge in [-0.3, -0.25) is 0 Å². The highest BCUT2D eigenvalue weighted by molar-refractivity contribution is 6.32. The SMILES string of the molecule is Bc1ccc([C@@H](C)N)cc1. The van der Waals surface area contributed by atoms with Crippen LogP contribution in [0.15, 0.2) is 24.3 Å². The maximum absolute atomic E-state index is 5.66. The van der Waals surface area contributed by atoms with E-state index < -0.39 is 0 Å². The Kier molecular flexibility index (Phi) is 2.12. The van der Waals surface area contributed by atoms with Gasteiger partial charge in [0.05, 0.1) is 0 Å². The Hall–Kier alpha value is -0.755. The molecule has 0 radical (unpaired) electrons. The Morgan fingerprint density at radius 1 is 1.30 bits per heavy atom.